The normalized spacial score (nSPS) is 10.7. The Hall–Kier alpha value is -2.67. The van der Waals surface area contributed by atoms with Crippen LogP contribution in [-0.4, -0.2) is 10.9 Å². The van der Waals surface area contributed by atoms with Gasteiger partial charge in [-0.2, -0.15) is 0 Å². The van der Waals surface area contributed by atoms with E-state index in [1.807, 2.05) is 12.3 Å². The van der Waals surface area contributed by atoms with E-state index in [1.54, 1.807) is 18.2 Å². The largest absolute Gasteiger partial charge is 0.319 e. The summed E-state index contributed by atoms with van der Waals surface area (Å²) in [5.41, 5.74) is 1.44. The number of aromatic nitrogens is 1. The summed E-state index contributed by atoms with van der Waals surface area (Å²) >= 11 is 1.44. The molecule has 0 aliphatic rings. The van der Waals surface area contributed by atoms with Crippen LogP contribution >= 0.6 is 11.3 Å². The van der Waals surface area contributed by atoms with E-state index in [9.17, 15) is 18.0 Å². The van der Waals surface area contributed by atoms with Gasteiger partial charge in [0.2, 0.25) is 0 Å². The lowest BCUT2D eigenvalue weighted by molar-refractivity contribution is 0.102. The Morgan fingerprint density at radius 1 is 1.12 bits per heavy atom. The fourth-order valence-electron chi connectivity index (χ4n) is 2.10. The third-order valence-corrected chi connectivity index (χ3v) is 4.28. The highest BCUT2D eigenvalue weighted by molar-refractivity contribution is 7.13. The number of halogens is 3. The lowest BCUT2D eigenvalue weighted by Gasteiger charge is -2.08. The van der Waals surface area contributed by atoms with Crippen molar-refractivity contribution in [3.05, 3.63) is 70.5 Å². The maximum absolute atomic E-state index is 13.6. The van der Waals surface area contributed by atoms with Crippen molar-refractivity contribution in [1.82, 2.24) is 4.98 Å². The molecule has 0 spiro atoms. The second-order valence-electron chi connectivity index (χ2n) is 5.05. The summed E-state index contributed by atoms with van der Waals surface area (Å²) in [6.07, 6.45) is 0. The SMILES string of the molecule is Cc1csc(-c2cccc(C(=O)Nc3ccc(F)c(F)c3F)c2)n1. The molecule has 3 rings (SSSR count). The Labute approximate surface area is 139 Å². The van der Waals surface area contributed by atoms with Crippen LogP contribution in [0.25, 0.3) is 10.6 Å². The first-order chi connectivity index (χ1) is 11.5. The number of rotatable bonds is 3. The molecule has 2 aromatic carbocycles. The zero-order valence-corrected chi connectivity index (χ0v) is 13.3. The first kappa shape index (κ1) is 16.2. The van der Waals surface area contributed by atoms with Gasteiger partial charge in [-0.15, -0.1) is 11.3 Å². The zero-order chi connectivity index (χ0) is 17.3. The highest BCUT2D eigenvalue weighted by Gasteiger charge is 2.16. The molecule has 24 heavy (non-hydrogen) atoms. The Kier molecular flexibility index (Phi) is 4.35. The van der Waals surface area contributed by atoms with Gasteiger partial charge in [0.15, 0.2) is 17.5 Å². The maximum atomic E-state index is 13.6. The van der Waals surface area contributed by atoms with E-state index < -0.39 is 29.0 Å². The smallest absolute Gasteiger partial charge is 0.255 e. The fraction of sp³-hybridized carbons (Fsp3) is 0.0588. The highest BCUT2D eigenvalue weighted by atomic mass is 32.1. The molecule has 0 unspecified atom stereocenters. The summed E-state index contributed by atoms with van der Waals surface area (Å²) in [6, 6.07) is 8.33. The number of carbonyl (C=O) groups is 1. The van der Waals surface area contributed by atoms with Gasteiger partial charge in [-0.3, -0.25) is 4.79 Å². The molecule has 0 aliphatic heterocycles. The van der Waals surface area contributed by atoms with Gasteiger partial charge < -0.3 is 5.32 Å². The molecule has 1 amide bonds. The summed E-state index contributed by atoms with van der Waals surface area (Å²) in [6.45, 7) is 1.86. The minimum absolute atomic E-state index is 0.254. The van der Waals surface area contributed by atoms with Gasteiger partial charge in [0.05, 0.1) is 5.69 Å². The van der Waals surface area contributed by atoms with Crippen molar-refractivity contribution in [3.8, 4) is 10.6 Å². The van der Waals surface area contributed by atoms with E-state index in [2.05, 4.69) is 10.3 Å². The van der Waals surface area contributed by atoms with Gasteiger partial charge in [-0.05, 0) is 31.2 Å². The van der Waals surface area contributed by atoms with Crippen LogP contribution in [0.4, 0.5) is 18.9 Å². The Balaban J connectivity index is 1.87. The summed E-state index contributed by atoms with van der Waals surface area (Å²) in [5.74, 6) is -5.00. The number of carbonyl (C=O) groups excluding carboxylic acids is 1. The van der Waals surface area contributed by atoms with E-state index in [0.29, 0.717) is 0 Å². The minimum atomic E-state index is -1.63. The molecule has 0 aliphatic carbocycles. The number of nitrogens with zero attached hydrogens (tertiary/aromatic N) is 1. The maximum Gasteiger partial charge on any atom is 0.255 e. The van der Waals surface area contributed by atoms with Crippen LogP contribution in [-0.2, 0) is 0 Å². The Morgan fingerprint density at radius 2 is 1.92 bits per heavy atom. The number of hydrogen-bond donors (Lipinski definition) is 1. The molecule has 0 fully saturated rings. The monoisotopic (exact) mass is 348 g/mol. The third kappa shape index (κ3) is 3.16. The average molecular weight is 348 g/mol. The number of aryl methyl sites for hydroxylation is 1. The summed E-state index contributed by atoms with van der Waals surface area (Å²) in [5, 5.41) is 4.88. The first-order valence-corrected chi connectivity index (χ1v) is 7.81. The molecule has 7 heteroatoms. The van der Waals surface area contributed by atoms with Crippen LogP contribution in [0.3, 0.4) is 0 Å². The zero-order valence-electron chi connectivity index (χ0n) is 12.4. The third-order valence-electron chi connectivity index (χ3n) is 3.27. The van der Waals surface area contributed by atoms with Crippen LogP contribution in [0, 0.1) is 24.4 Å². The predicted molar refractivity (Wildman–Crippen MR) is 86.6 cm³/mol. The van der Waals surface area contributed by atoms with Crippen LogP contribution in [0.5, 0.6) is 0 Å². The standard InChI is InChI=1S/C17H11F3N2OS/c1-9-8-24-17(21-9)11-4-2-3-10(7-11)16(23)22-13-6-5-12(18)14(19)15(13)20/h2-8H,1H3,(H,22,23). The second-order valence-corrected chi connectivity index (χ2v) is 5.91. The molecular formula is C17H11F3N2OS. The molecule has 1 N–H and O–H groups in total. The average Bonchev–Trinajstić information content (AvgIpc) is 3.02. The second kappa shape index (κ2) is 6.45. The molecule has 122 valence electrons. The Bertz CT molecular complexity index is 924. The van der Waals surface area contributed by atoms with E-state index in [-0.39, 0.29) is 5.56 Å². The van der Waals surface area contributed by atoms with Gasteiger partial charge in [-0.1, -0.05) is 12.1 Å². The molecule has 1 heterocycles. The minimum Gasteiger partial charge on any atom is -0.319 e. The van der Waals surface area contributed by atoms with Crippen LogP contribution in [0.15, 0.2) is 41.8 Å². The summed E-state index contributed by atoms with van der Waals surface area (Å²) in [4.78, 5) is 16.6. The molecule has 3 aromatic rings. The van der Waals surface area contributed by atoms with Gasteiger partial charge in [0, 0.05) is 22.2 Å². The molecule has 3 nitrogen and oxygen atoms in total. The van der Waals surface area contributed by atoms with E-state index >= 15 is 0 Å². The van der Waals surface area contributed by atoms with Crippen molar-refractivity contribution in [2.75, 3.05) is 5.32 Å². The molecular weight excluding hydrogens is 337 g/mol. The van der Waals surface area contributed by atoms with Gasteiger partial charge in [0.1, 0.15) is 5.01 Å². The van der Waals surface area contributed by atoms with Crippen molar-refractivity contribution < 1.29 is 18.0 Å². The van der Waals surface area contributed by atoms with E-state index in [4.69, 9.17) is 0 Å². The molecule has 0 saturated carbocycles. The van der Waals surface area contributed by atoms with Gasteiger partial charge in [0.25, 0.3) is 5.91 Å². The number of anilines is 1. The van der Waals surface area contributed by atoms with Crippen molar-refractivity contribution >= 4 is 22.9 Å². The molecule has 0 bridgehead atoms. The van der Waals surface area contributed by atoms with Crippen molar-refractivity contribution in [1.29, 1.82) is 0 Å². The van der Waals surface area contributed by atoms with Gasteiger partial charge in [-0.25, -0.2) is 18.2 Å². The van der Waals surface area contributed by atoms with E-state index in [0.717, 1.165) is 28.4 Å². The number of hydrogen-bond acceptors (Lipinski definition) is 3. The molecule has 0 saturated heterocycles. The van der Waals surface area contributed by atoms with Crippen molar-refractivity contribution in [3.63, 3.8) is 0 Å². The fourth-order valence-corrected chi connectivity index (χ4v) is 2.89. The predicted octanol–water partition coefficient (Wildman–Crippen LogP) is 4.79. The quantitative estimate of drug-likeness (QED) is 0.692. The molecule has 1 aromatic heterocycles. The van der Waals surface area contributed by atoms with Gasteiger partial charge >= 0.3 is 0 Å². The highest BCUT2D eigenvalue weighted by Crippen LogP contribution is 2.25. The summed E-state index contributed by atoms with van der Waals surface area (Å²) in [7, 11) is 0. The first-order valence-electron chi connectivity index (χ1n) is 6.93. The number of thiazole rings is 1. The Morgan fingerprint density at radius 3 is 2.62 bits per heavy atom. The lowest BCUT2D eigenvalue weighted by Crippen LogP contribution is -2.14. The topological polar surface area (TPSA) is 42.0 Å². The van der Waals surface area contributed by atoms with Crippen molar-refractivity contribution in [2.45, 2.75) is 6.92 Å². The number of benzene rings is 2. The van der Waals surface area contributed by atoms with Crippen LogP contribution in [0.2, 0.25) is 0 Å². The molecule has 0 atom stereocenters. The summed E-state index contributed by atoms with van der Waals surface area (Å²) < 4.78 is 39.8. The van der Waals surface area contributed by atoms with Crippen molar-refractivity contribution in [2.24, 2.45) is 0 Å². The number of amides is 1. The van der Waals surface area contributed by atoms with Crippen LogP contribution in [0.1, 0.15) is 16.1 Å². The van der Waals surface area contributed by atoms with E-state index in [1.165, 1.54) is 17.4 Å². The number of nitrogens with one attached hydrogen (secondary N) is 1. The lowest BCUT2D eigenvalue weighted by atomic mass is 10.1. The van der Waals surface area contributed by atoms with Crippen LogP contribution < -0.4 is 5.32 Å². The molecule has 0 radical (unpaired) electrons.